The average molecular weight is 276 g/mol. The monoisotopic (exact) mass is 276 g/mol. The highest BCUT2D eigenvalue weighted by Gasteiger charge is 2.34. The molecule has 0 saturated carbocycles. The van der Waals surface area contributed by atoms with Crippen molar-refractivity contribution in [2.24, 2.45) is 0 Å². The third-order valence-corrected chi connectivity index (χ3v) is 4.36. The number of rotatable bonds is 5. The maximum Gasteiger partial charge on any atom is 0.0746 e. The third kappa shape index (κ3) is 3.81. The first kappa shape index (κ1) is 15.5. The molecule has 2 unspecified atom stereocenters. The highest BCUT2D eigenvalue weighted by atomic mass is 16.3. The molecule has 0 amide bonds. The number of hydrogen-bond donors (Lipinski definition) is 2. The minimum Gasteiger partial charge on any atom is -0.389 e. The van der Waals surface area contributed by atoms with Crippen molar-refractivity contribution in [3.63, 3.8) is 0 Å². The quantitative estimate of drug-likeness (QED) is 0.863. The number of likely N-dealkylation sites (tertiary alicyclic amines) is 1. The number of nitrogens with one attached hydrogen (secondary N) is 1. The summed E-state index contributed by atoms with van der Waals surface area (Å²) < 4.78 is 0. The van der Waals surface area contributed by atoms with E-state index in [1.54, 1.807) is 0 Å². The van der Waals surface area contributed by atoms with Crippen LogP contribution in [0.25, 0.3) is 0 Å². The van der Waals surface area contributed by atoms with Crippen LogP contribution in [0.2, 0.25) is 0 Å². The van der Waals surface area contributed by atoms with Gasteiger partial charge in [0.05, 0.1) is 5.60 Å². The lowest BCUT2D eigenvalue weighted by atomic mass is 9.80. The van der Waals surface area contributed by atoms with Crippen LogP contribution in [0.5, 0.6) is 0 Å². The number of benzene rings is 1. The van der Waals surface area contributed by atoms with Crippen molar-refractivity contribution in [2.75, 3.05) is 33.2 Å². The van der Waals surface area contributed by atoms with Crippen molar-refractivity contribution in [3.05, 3.63) is 35.9 Å². The molecule has 0 aromatic heterocycles. The molecular formula is C17H28N2O. The minimum atomic E-state index is -0.532. The molecule has 1 saturated heterocycles. The lowest BCUT2D eigenvalue weighted by Gasteiger charge is -2.42. The van der Waals surface area contributed by atoms with Crippen LogP contribution in [-0.2, 0) is 5.41 Å². The Morgan fingerprint density at radius 3 is 2.65 bits per heavy atom. The predicted molar refractivity (Wildman–Crippen MR) is 84.0 cm³/mol. The fourth-order valence-electron chi connectivity index (χ4n) is 3.43. The van der Waals surface area contributed by atoms with E-state index in [4.69, 9.17) is 0 Å². The summed E-state index contributed by atoms with van der Waals surface area (Å²) in [6.07, 6.45) is 2.00. The summed E-state index contributed by atoms with van der Waals surface area (Å²) in [7, 11) is 2.01. The second-order valence-corrected chi connectivity index (χ2v) is 6.77. The molecule has 3 heteroatoms. The molecule has 0 aliphatic carbocycles. The summed E-state index contributed by atoms with van der Waals surface area (Å²) in [6.45, 7) is 8.05. The lowest BCUT2D eigenvalue weighted by molar-refractivity contribution is -0.0212. The summed E-state index contributed by atoms with van der Waals surface area (Å²) in [5.74, 6) is 0. The van der Waals surface area contributed by atoms with Gasteiger partial charge in [-0.3, -0.25) is 4.90 Å². The summed E-state index contributed by atoms with van der Waals surface area (Å²) in [5, 5.41) is 13.6. The highest BCUT2D eigenvalue weighted by molar-refractivity contribution is 5.25. The van der Waals surface area contributed by atoms with Gasteiger partial charge in [0.15, 0.2) is 0 Å². The highest BCUT2D eigenvalue weighted by Crippen LogP contribution is 2.28. The zero-order chi connectivity index (χ0) is 14.6. The Labute approximate surface area is 123 Å². The second kappa shape index (κ2) is 6.25. The van der Waals surface area contributed by atoms with E-state index in [1.807, 2.05) is 14.0 Å². The zero-order valence-electron chi connectivity index (χ0n) is 13.0. The van der Waals surface area contributed by atoms with Gasteiger partial charge < -0.3 is 10.4 Å². The van der Waals surface area contributed by atoms with Gasteiger partial charge in [-0.25, -0.2) is 0 Å². The molecule has 0 radical (unpaired) electrons. The molecule has 3 nitrogen and oxygen atoms in total. The third-order valence-electron chi connectivity index (χ3n) is 4.36. The Balaban J connectivity index is 2.13. The van der Waals surface area contributed by atoms with Gasteiger partial charge in [-0.2, -0.15) is 0 Å². The maximum atomic E-state index is 10.3. The van der Waals surface area contributed by atoms with E-state index in [9.17, 15) is 5.11 Å². The Kier molecular flexibility index (Phi) is 4.84. The Bertz CT molecular complexity index is 418. The van der Waals surface area contributed by atoms with Crippen molar-refractivity contribution in [1.82, 2.24) is 10.2 Å². The number of likely N-dealkylation sites (N-methyl/N-ethyl adjacent to an activating group) is 1. The molecule has 1 aliphatic heterocycles. The zero-order valence-corrected chi connectivity index (χ0v) is 13.0. The molecule has 1 fully saturated rings. The van der Waals surface area contributed by atoms with E-state index in [-0.39, 0.29) is 5.41 Å². The van der Waals surface area contributed by atoms with Crippen LogP contribution in [0, 0.1) is 0 Å². The van der Waals surface area contributed by atoms with Gasteiger partial charge in [0, 0.05) is 25.0 Å². The fourth-order valence-corrected chi connectivity index (χ4v) is 3.43. The van der Waals surface area contributed by atoms with Gasteiger partial charge in [0.1, 0.15) is 0 Å². The van der Waals surface area contributed by atoms with E-state index in [0.29, 0.717) is 0 Å². The number of nitrogens with zero attached hydrogens (tertiary/aromatic N) is 1. The largest absolute Gasteiger partial charge is 0.389 e. The molecule has 1 heterocycles. The van der Waals surface area contributed by atoms with Gasteiger partial charge in [-0.1, -0.05) is 37.3 Å². The maximum absolute atomic E-state index is 10.3. The summed E-state index contributed by atoms with van der Waals surface area (Å²) >= 11 is 0. The van der Waals surface area contributed by atoms with Crippen LogP contribution in [0.15, 0.2) is 30.3 Å². The molecule has 2 N–H and O–H groups in total. The first-order chi connectivity index (χ1) is 9.45. The smallest absolute Gasteiger partial charge is 0.0746 e. The van der Waals surface area contributed by atoms with Crippen molar-refractivity contribution in [3.8, 4) is 0 Å². The first-order valence-corrected chi connectivity index (χ1v) is 7.60. The molecule has 0 spiro atoms. The molecule has 2 rings (SSSR count). The molecule has 1 aromatic rings. The summed E-state index contributed by atoms with van der Waals surface area (Å²) in [6, 6.07) is 10.7. The van der Waals surface area contributed by atoms with E-state index >= 15 is 0 Å². The topological polar surface area (TPSA) is 35.5 Å². The van der Waals surface area contributed by atoms with Crippen LogP contribution < -0.4 is 5.32 Å². The standard InChI is InChI=1S/C17H28N2O/c1-16(12-18-3,15-8-5-4-6-9-15)13-19-11-7-10-17(2,20)14-19/h4-6,8-9,18,20H,7,10-14H2,1-3H3. The SMILES string of the molecule is CNCC(C)(CN1CCCC(C)(O)C1)c1ccccc1. The molecule has 112 valence electrons. The average Bonchev–Trinajstić information content (AvgIpc) is 2.39. The van der Waals surface area contributed by atoms with Crippen molar-refractivity contribution in [2.45, 2.75) is 37.7 Å². The van der Waals surface area contributed by atoms with E-state index in [1.165, 1.54) is 5.56 Å². The van der Waals surface area contributed by atoms with Crippen LogP contribution in [0.3, 0.4) is 0 Å². The number of hydrogen-bond acceptors (Lipinski definition) is 3. The van der Waals surface area contributed by atoms with Gasteiger partial charge in [0.25, 0.3) is 0 Å². The van der Waals surface area contributed by atoms with Gasteiger partial charge in [-0.15, -0.1) is 0 Å². The van der Waals surface area contributed by atoms with Crippen molar-refractivity contribution >= 4 is 0 Å². The normalized spacial score (nSPS) is 27.2. The van der Waals surface area contributed by atoms with E-state index in [2.05, 4.69) is 47.5 Å². The molecule has 20 heavy (non-hydrogen) atoms. The Morgan fingerprint density at radius 1 is 1.35 bits per heavy atom. The van der Waals surface area contributed by atoms with Crippen LogP contribution in [-0.4, -0.2) is 48.8 Å². The number of piperidine rings is 1. The van der Waals surface area contributed by atoms with Crippen LogP contribution in [0.4, 0.5) is 0 Å². The van der Waals surface area contributed by atoms with E-state index < -0.39 is 5.60 Å². The van der Waals surface area contributed by atoms with Gasteiger partial charge in [-0.05, 0) is 38.9 Å². The van der Waals surface area contributed by atoms with Crippen molar-refractivity contribution < 1.29 is 5.11 Å². The molecule has 2 atom stereocenters. The Hall–Kier alpha value is -0.900. The summed E-state index contributed by atoms with van der Waals surface area (Å²) in [4.78, 5) is 2.41. The summed E-state index contributed by atoms with van der Waals surface area (Å²) in [5.41, 5.74) is 0.901. The fraction of sp³-hybridized carbons (Fsp3) is 0.647. The predicted octanol–water partition coefficient (Wildman–Crippen LogP) is 2.01. The second-order valence-electron chi connectivity index (χ2n) is 6.77. The number of aliphatic hydroxyl groups is 1. The lowest BCUT2D eigenvalue weighted by Crippen LogP contribution is -2.52. The Morgan fingerprint density at radius 2 is 2.05 bits per heavy atom. The first-order valence-electron chi connectivity index (χ1n) is 7.60. The molecule has 0 bridgehead atoms. The molecule has 1 aromatic carbocycles. The van der Waals surface area contributed by atoms with Gasteiger partial charge in [0.2, 0.25) is 0 Å². The van der Waals surface area contributed by atoms with Gasteiger partial charge >= 0.3 is 0 Å². The van der Waals surface area contributed by atoms with E-state index in [0.717, 1.165) is 39.0 Å². The number of β-amino-alcohol motifs (C(OH)–C–C–N with tert-alkyl or cyclic N) is 1. The van der Waals surface area contributed by atoms with Crippen LogP contribution >= 0.6 is 0 Å². The minimum absolute atomic E-state index is 0.0728. The molecular weight excluding hydrogens is 248 g/mol. The van der Waals surface area contributed by atoms with Crippen LogP contribution in [0.1, 0.15) is 32.3 Å². The molecule has 1 aliphatic rings. The van der Waals surface area contributed by atoms with Crippen molar-refractivity contribution in [1.29, 1.82) is 0 Å².